The first kappa shape index (κ1) is 13.8. The van der Waals surface area contributed by atoms with Gasteiger partial charge in [-0.25, -0.2) is 13.4 Å². The van der Waals surface area contributed by atoms with Crippen molar-refractivity contribution < 1.29 is 13.2 Å². The van der Waals surface area contributed by atoms with Gasteiger partial charge in [-0.2, -0.15) is 0 Å². The molecule has 1 aromatic heterocycles. The van der Waals surface area contributed by atoms with Crippen molar-refractivity contribution in [2.75, 3.05) is 11.5 Å². The molecule has 1 N–H and O–H groups in total. The zero-order chi connectivity index (χ0) is 15.3. The standard InChI is InChI=1S/C15H17N3O3S/c19-15(10-1-4-13-14(7-10)17-9-16-13)18(11-2-3-11)12-5-6-22(20,21)8-12/h1,4,7,9,11-12H,2-3,5-6,8H2,(H,16,17). The van der Waals surface area contributed by atoms with E-state index in [0.717, 1.165) is 23.9 Å². The van der Waals surface area contributed by atoms with Crippen molar-refractivity contribution >= 4 is 26.8 Å². The molecular weight excluding hydrogens is 302 g/mol. The molecule has 1 aromatic carbocycles. The summed E-state index contributed by atoms with van der Waals surface area (Å²) in [5, 5.41) is 0. The van der Waals surface area contributed by atoms with Gasteiger partial charge in [-0.3, -0.25) is 4.79 Å². The Morgan fingerprint density at radius 2 is 2.05 bits per heavy atom. The maximum atomic E-state index is 12.9. The zero-order valence-electron chi connectivity index (χ0n) is 12.0. The van der Waals surface area contributed by atoms with Crippen LogP contribution in [0.2, 0.25) is 0 Å². The summed E-state index contributed by atoms with van der Waals surface area (Å²) in [4.78, 5) is 21.8. The smallest absolute Gasteiger partial charge is 0.254 e. The molecule has 2 fully saturated rings. The summed E-state index contributed by atoms with van der Waals surface area (Å²) in [6, 6.07) is 5.40. The molecule has 7 heteroatoms. The highest BCUT2D eigenvalue weighted by atomic mass is 32.2. The van der Waals surface area contributed by atoms with E-state index in [-0.39, 0.29) is 29.5 Å². The van der Waals surface area contributed by atoms with Gasteiger partial charge in [-0.05, 0) is 37.5 Å². The van der Waals surface area contributed by atoms with Crippen LogP contribution in [0.3, 0.4) is 0 Å². The number of aromatic amines is 1. The van der Waals surface area contributed by atoms with E-state index in [0.29, 0.717) is 12.0 Å². The quantitative estimate of drug-likeness (QED) is 0.926. The van der Waals surface area contributed by atoms with Crippen LogP contribution in [0.5, 0.6) is 0 Å². The van der Waals surface area contributed by atoms with Crippen LogP contribution in [-0.2, 0) is 9.84 Å². The van der Waals surface area contributed by atoms with Crippen LogP contribution in [-0.4, -0.2) is 52.8 Å². The van der Waals surface area contributed by atoms with Crippen LogP contribution in [0.4, 0.5) is 0 Å². The number of imidazole rings is 1. The number of hydrogen-bond acceptors (Lipinski definition) is 4. The molecule has 116 valence electrons. The van der Waals surface area contributed by atoms with Crippen LogP contribution >= 0.6 is 0 Å². The van der Waals surface area contributed by atoms with Crippen molar-refractivity contribution in [3.05, 3.63) is 30.1 Å². The largest absolute Gasteiger partial charge is 0.345 e. The Morgan fingerprint density at radius 3 is 2.73 bits per heavy atom. The number of rotatable bonds is 3. The van der Waals surface area contributed by atoms with Crippen LogP contribution in [0, 0.1) is 0 Å². The van der Waals surface area contributed by atoms with Crippen LogP contribution in [0.25, 0.3) is 11.0 Å². The highest BCUT2D eigenvalue weighted by molar-refractivity contribution is 7.91. The molecule has 0 radical (unpaired) electrons. The third kappa shape index (κ3) is 2.39. The number of H-pyrrole nitrogens is 1. The number of amides is 1. The third-order valence-corrected chi connectivity index (χ3v) is 6.19. The summed E-state index contributed by atoms with van der Waals surface area (Å²) in [5.74, 6) is 0.219. The molecule has 2 aliphatic rings. The van der Waals surface area contributed by atoms with Gasteiger partial charge in [0.15, 0.2) is 9.84 Å². The fourth-order valence-electron chi connectivity index (χ4n) is 3.19. The summed E-state index contributed by atoms with van der Waals surface area (Å²) in [5.41, 5.74) is 2.23. The van der Waals surface area contributed by atoms with E-state index in [1.54, 1.807) is 18.5 Å². The third-order valence-electron chi connectivity index (χ3n) is 4.44. The van der Waals surface area contributed by atoms with E-state index in [9.17, 15) is 13.2 Å². The van der Waals surface area contributed by atoms with Gasteiger partial charge in [0.05, 0.1) is 28.9 Å². The molecule has 2 heterocycles. The predicted octanol–water partition coefficient (Wildman–Crippen LogP) is 1.35. The molecule has 1 amide bonds. The van der Waals surface area contributed by atoms with Gasteiger partial charge >= 0.3 is 0 Å². The first-order chi connectivity index (χ1) is 10.5. The van der Waals surface area contributed by atoms with Crippen LogP contribution in [0.15, 0.2) is 24.5 Å². The van der Waals surface area contributed by atoms with Gasteiger partial charge in [-0.15, -0.1) is 0 Å². The molecule has 1 saturated heterocycles. The topological polar surface area (TPSA) is 83.1 Å². The highest BCUT2D eigenvalue weighted by Gasteiger charge is 2.42. The van der Waals surface area contributed by atoms with Gasteiger partial charge in [0.2, 0.25) is 0 Å². The molecule has 1 atom stereocenters. The molecule has 1 aliphatic carbocycles. The number of aromatic nitrogens is 2. The second-order valence-corrected chi connectivity index (χ2v) is 8.36. The molecule has 4 rings (SSSR count). The van der Waals surface area contributed by atoms with E-state index < -0.39 is 9.84 Å². The van der Waals surface area contributed by atoms with Crippen molar-refractivity contribution in [2.24, 2.45) is 0 Å². The van der Waals surface area contributed by atoms with Gasteiger partial charge in [0.1, 0.15) is 0 Å². The molecule has 22 heavy (non-hydrogen) atoms. The number of hydrogen-bond donors (Lipinski definition) is 1. The number of sulfone groups is 1. The maximum Gasteiger partial charge on any atom is 0.254 e. The fourth-order valence-corrected chi connectivity index (χ4v) is 4.91. The SMILES string of the molecule is O=C(c1ccc2nc[nH]c2c1)N(C1CC1)C1CCS(=O)(=O)C1. The Hall–Kier alpha value is -1.89. The van der Waals surface area contributed by atoms with E-state index in [1.165, 1.54) is 0 Å². The average molecular weight is 319 g/mol. The fraction of sp³-hybridized carbons (Fsp3) is 0.467. The normalized spacial score (nSPS) is 23.7. The molecule has 0 bridgehead atoms. The molecule has 1 saturated carbocycles. The lowest BCUT2D eigenvalue weighted by atomic mass is 10.1. The van der Waals surface area contributed by atoms with Gasteiger partial charge in [0.25, 0.3) is 5.91 Å². The van der Waals surface area contributed by atoms with E-state index in [4.69, 9.17) is 0 Å². The van der Waals surface area contributed by atoms with E-state index in [2.05, 4.69) is 9.97 Å². The lowest BCUT2D eigenvalue weighted by Gasteiger charge is -2.28. The summed E-state index contributed by atoms with van der Waals surface area (Å²) in [7, 11) is -3.00. The summed E-state index contributed by atoms with van der Waals surface area (Å²) < 4.78 is 23.5. The molecule has 2 aromatic rings. The number of carbonyl (C=O) groups excluding carboxylic acids is 1. The van der Waals surface area contributed by atoms with Crippen molar-refractivity contribution in [2.45, 2.75) is 31.3 Å². The minimum atomic E-state index is -3.00. The lowest BCUT2D eigenvalue weighted by molar-refractivity contribution is 0.0681. The zero-order valence-corrected chi connectivity index (χ0v) is 12.8. The van der Waals surface area contributed by atoms with Crippen molar-refractivity contribution in [1.29, 1.82) is 0 Å². The summed E-state index contributed by atoms with van der Waals surface area (Å²) in [6.45, 7) is 0. The first-order valence-corrected chi connectivity index (χ1v) is 9.32. The van der Waals surface area contributed by atoms with Crippen molar-refractivity contribution in [3.63, 3.8) is 0 Å². The Bertz CT molecular complexity index is 839. The van der Waals surface area contributed by atoms with Crippen LogP contribution in [0.1, 0.15) is 29.6 Å². The minimum absolute atomic E-state index is 0.0684. The molecule has 6 nitrogen and oxygen atoms in total. The molecule has 1 aliphatic heterocycles. The Morgan fingerprint density at radius 1 is 1.23 bits per heavy atom. The highest BCUT2D eigenvalue weighted by Crippen LogP contribution is 2.33. The Kier molecular flexibility index (Phi) is 3.00. The second kappa shape index (κ2) is 4.81. The molecular formula is C15H17N3O3S. The number of fused-ring (bicyclic) bond motifs is 1. The Balaban J connectivity index is 1.66. The maximum absolute atomic E-state index is 12.9. The Labute approximate surface area is 128 Å². The monoisotopic (exact) mass is 319 g/mol. The summed E-state index contributed by atoms with van der Waals surface area (Å²) >= 11 is 0. The molecule has 0 spiro atoms. The van der Waals surface area contributed by atoms with Gasteiger partial charge in [-0.1, -0.05) is 0 Å². The number of nitrogens with zero attached hydrogens (tertiary/aromatic N) is 2. The average Bonchev–Trinajstić information content (AvgIpc) is 3.08. The number of nitrogens with one attached hydrogen (secondary N) is 1. The van der Waals surface area contributed by atoms with E-state index >= 15 is 0 Å². The van der Waals surface area contributed by atoms with Crippen molar-refractivity contribution in [3.8, 4) is 0 Å². The van der Waals surface area contributed by atoms with Gasteiger partial charge < -0.3 is 9.88 Å². The number of benzene rings is 1. The minimum Gasteiger partial charge on any atom is -0.345 e. The van der Waals surface area contributed by atoms with Crippen molar-refractivity contribution in [1.82, 2.24) is 14.9 Å². The van der Waals surface area contributed by atoms with E-state index in [1.807, 2.05) is 11.0 Å². The van der Waals surface area contributed by atoms with Crippen LogP contribution < -0.4 is 0 Å². The van der Waals surface area contributed by atoms with Gasteiger partial charge in [0, 0.05) is 17.6 Å². The number of carbonyl (C=O) groups is 1. The lowest BCUT2D eigenvalue weighted by Crippen LogP contribution is -2.42. The first-order valence-electron chi connectivity index (χ1n) is 7.50. The second-order valence-electron chi connectivity index (χ2n) is 6.13. The predicted molar refractivity (Wildman–Crippen MR) is 82.3 cm³/mol. The summed E-state index contributed by atoms with van der Waals surface area (Å²) in [6.07, 6.45) is 4.08. The molecule has 1 unspecified atom stereocenters.